The van der Waals surface area contributed by atoms with Gasteiger partial charge in [-0.25, -0.2) is 0 Å². The van der Waals surface area contributed by atoms with E-state index >= 15 is 0 Å². The number of fused-ring (bicyclic) bond motifs is 13. The van der Waals surface area contributed by atoms with Gasteiger partial charge in [-0.15, -0.1) is 0 Å². The largest absolute Gasteiger partial charge is 0.456 e. The summed E-state index contributed by atoms with van der Waals surface area (Å²) in [6, 6.07) is 41.2. The molecular weight excluding hydrogens is 566 g/mol. The Bertz CT molecular complexity index is 2780. The molecule has 46 heavy (non-hydrogen) atoms. The number of nitrogens with zero attached hydrogens (tertiary/aromatic N) is 2. The Morgan fingerprint density at radius 3 is 2.35 bits per heavy atom. The normalized spacial score (nSPS) is 15.7. The molecule has 3 aromatic heterocycles. The maximum atomic E-state index is 6.80. The summed E-state index contributed by atoms with van der Waals surface area (Å²) < 4.78 is 17.7. The first-order valence-electron chi connectivity index (χ1n) is 15.9. The van der Waals surface area contributed by atoms with Crippen molar-refractivity contribution >= 4 is 77.3 Å². The maximum absolute atomic E-state index is 6.80. The monoisotopic (exact) mass is 593 g/mol. The van der Waals surface area contributed by atoms with E-state index in [0.717, 1.165) is 62.9 Å². The molecule has 1 aliphatic heterocycles. The highest BCUT2D eigenvalue weighted by Gasteiger charge is 2.30. The molecule has 1 unspecified atom stereocenters. The molecule has 11 rings (SSSR count). The van der Waals surface area contributed by atoms with Crippen LogP contribution in [0.15, 0.2) is 126 Å². The fourth-order valence-corrected chi connectivity index (χ4v) is 8.05. The Balaban J connectivity index is 1.12. The molecule has 0 saturated carbocycles. The third kappa shape index (κ3) is 3.14. The van der Waals surface area contributed by atoms with Crippen LogP contribution in [0, 0.1) is 0 Å². The van der Waals surface area contributed by atoms with Crippen LogP contribution in [0.4, 0.5) is 5.69 Å². The lowest BCUT2D eigenvalue weighted by atomic mass is 9.93. The first-order chi connectivity index (χ1) is 22.8. The van der Waals surface area contributed by atoms with Crippen molar-refractivity contribution in [3.05, 3.63) is 132 Å². The van der Waals surface area contributed by atoms with E-state index in [9.17, 15) is 0 Å². The molecule has 0 bridgehead atoms. The van der Waals surface area contributed by atoms with E-state index in [4.69, 9.17) is 9.15 Å². The molecule has 0 amide bonds. The number of nitrogens with one attached hydrogen (secondary N) is 1. The molecule has 1 aliphatic carbocycles. The molecule has 4 heterocycles. The average Bonchev–Trinajstić information content (AvgIpc) is 3.86. The zero-order chi connectivity index (χ0) is 29.9. The lowest BCUT2D eigenvalue weighted by molar-refractivity contribution is 0.195. The van der Waals surface area contributed by atoms with Crippen LogP contribution in [0.2, 0.25) is 0 Å². The van der Waals surface area contributed by atoms with Gasteiger partial charge in [0, 0.05) is 32.6 Å². The molecule has 0 radical (unpaired) electrons. The molecule has 5 nitrogen and oxygen atoms in total. The van der Waals surface area contributed by atoms with Crippen molar-refractivity contribution in [1.29, 1.82) is 0 Å². The standard InChI is InChI=1S/C41H27N3O2/c1-2-10-26-24(9-1)17-20-35-38(26)28-12-4-7-15-33(28)43(35)25-18-21-34-30(23-25)27-11-3-6-14-32(27)44(34)41-42-31-19-22-37-39(40(31)46-41)29-13-5-8-16-36(29)45-37/h2-8,10-23,41-42H,1,9H2. The van der Waals surface area contributed by atoms with E-state index in [-0.39, 0.29) is 0 Å². The Hall–Kier alpha value is -5.94. The second-order valence-electron chi connectivity index (χ2n) is 12.4. The van der Waals surface area contributed by atoms with Gasteiger partial charge >= 0.3 is 0 Å². The van der Waals surface area contributed by atoms with Gasteiger partial charge in [0.15, 0.2) is 5.75 Å². The van der Waals surface area contributed by atoms with Crippen LogP contribution < -0.4 is 10.1 Å². The summed E-state index contributed by atoms with van der Waals surface area (Å²) in [4.78, 5) is 0. The molecule has 2 aliphatic rings. The number of hydrogen-bond acceptors (Lipinski definition) is 3. The van der Waals surface area contributed by atoms with E-state index in [1.807, 2.05) is 24.3 Å². The zero-order valence-corrected chi connectivity index (χ0v) is 24.8. The van der Waals surface area contributed by atoms with Crippen molar-refractivity contribution in [2.24, 2.45) is 0 Å². The average molecular weight is 594 g/mol. The van der Waals surface area contributed by atoms with Gasteiger partial charge < -0.3 is 19.0 Å². The number of benzene rings is 6. The van der Waals surface area contributed by atoms with Gasteiger partial charge in [-0.2, -0.15) is 0 Å². The smallest absolute Gasteiger partial charge is 0.255 e. The highest BCUT2D eigenvalue weighted by Crippen LogP contribution is 2.47. The Labute approximate surface area is 263 Å². The van der Waals surface area contributed by atoms with E-state index in [1.165, 1.54) is 43.7 Å². The van der Waals surface area contributed by atoms with Crippen LogP contribution in [0.25, 0.3) is 77.3 Å². The molecule has 6 aromatic carbocycles. The number of aromatic nitrogens is 2. The van der Waals surface area contributed by atoms with Gasteiger partial charge in [0.1, 0.15) is 11.2 Å². The van der Waals surface area contributed by atoms with E-state index < -0.39 is 6.35 Å². The molecule has 5 heteroatoms. The molecule has 1 atom stereocenters. The van der Waals surface area contributed by atoms with Gasteiger partial charge in [-0.3, -0.25) is 4.57 Å². The molecule has 1 N–H and O–H groups in total. The fourth-order valence-electron chi connectivity index (χ4n) is 8.05. The minimum absolute atomic E-state index is 0.408. The minimum Gasteiger partial charge on any atom is -0.456 e. The van der Waals surface area contributed by atoms with Crippen LogP contribution in [0.3, 0.4) is 0 Å². The lowest BCUT2D eigenvalue weighted by Crippen LogP contribution is -2.18. The highest BCUT2D eigenvalue weighted by atomic mass is 16.5. The van der Waals surface area contributed by atoms with Gasteiger partial charge in [0.2, 0.25) is 0 Å². The lowest BCUT2D eigenvalue weighted by Gasteiger charge is -2.17. The summed E-state index contributed by atoms with van der Waals surface area (Å²) in [6.45, 7) is 0. The Morgan fingerprint density at radius 2 is 1.41 bits per heavy atom. The summed E-state index contributed by atoms with van der Waals surface area (Å²) in [5.74, 6) is 0.831. The predicted octanol–water partition coefficient (Wildman–Crippen LogP) is 10.7. The van der Waals surface area contributed by atoms with E-state index in [1.54, 1.807) is 0 Å². The van der Waals surface area contributed by atoms with Crippen molar-refractivity contribution in [3.63, 3.8) is 0 Å². The molecule has 9 aromatic rings. The van der Waals surface area contributed by atoms with Gasteiger partial charge in [0.25, 0.3) is 6.35 Å². The van der Waals surface area contributed by atoms with Crippen molar-refractivity contribution in [2.45, 2.75) is 19.2 Å². The summed E-state index contributed by atoms with van der Waals surface area (Å²) in [7, 11) is 0. The number of hydrogen-bond donors (Lipinski definition) is 1. The third-order valence-electron chi connectivity index (χ3n) is 10.0. The minimum atomic E-state index is -0.408. The number of furan rings is 1. The molecule has 0 saturated heterocycles. The van der Waals surface area contributed by atoms with Crippen LogP contribution in [0.1, 0.15) is 23.9 Å². The highest BCUT2D eigenvalue weighted by molar-refractivity contribution is 6.15. The molecule has 218 valence electrons. The SMILES string of the molecule is C1=Cc2c(ccc3c2c2ccccc2n3-c2ccc3c(c2)c2ccccc2n3C2Nc3ccc4oc5ccccc5c4c3O2)CC1. The summed E-state index contributed by atoms with van der Waals surface area (Å²) in [5, 5.41) is 10.8. The number of aryl methyl sites for hydroxylation is 1. The number of ether oxygens (including phenoxy) is 1. The quantitative estimate of drug-likeness (QED) is 0.217. The topological polar surface area (TPSA) is 44.3 Å². The maximum Gasteiger partial charge on any atom is 0.255 e. The summed E-state index contributed by atoms with van der Waals surface area (Å²) in [6.07, 6.45) is 6.42. The van der Waals surface area contributed by atoms with Crippen molar-refractivity contribution in [1.82, 2.24) is 9.13 Å². The second kappa shape index (κ2) is 8.83. The molecular formula is C41H27N3O2. The van der Waals surface area contributed by atoms with Crippen LogP contribution in [-0.2, 0) is 6.42 Å². The number of para-hydroxylation sites is 3. The van der Waals surface area contributed by atoms with Crippen LogP contribution in [0.5, 0.6) is 5.75 Å². The zero-order valence-electron chi connectivity index (χ0n) is 24.8. The Kier molecular flexibility index (Phi) is 4.68. The van der Waals surface area contributed by atoms with Gasteiger partial charge in [0.05, 0.1) is 33.1 Å². The first-order valence-corrected chi connectivity index (χ1v) is 15.9. The predicted molar refractivity (Wildman–Crippen MR) is 188 cm³/mol. The number of anilines is 1. The van der Waals surface area contributed by atoms with Gasteiger partial charge in [-0.05, 0) is 78.6 Å². The van der Waals surface area contributed by atoms with Crippen molar-refractivity contribution < 1.29 is 9.15 Å². The van der Waals surface area contributed by atoms with E-state index in [2.05, 4.69) is 118 Å². The van der Waals surface area contributed by atoms with E-state index in [0.29, 0.717) is 0 Å². The first kappa shape index (κ1) is 24.4. The van der Waals surface area contributed by atoms with Gasteiger partial charge in [-0.1, -0.05) is 72.8 Å². The fraction of sp³-hybridized carbons (Fsp3) is 0.0732. The van der Waals surface area contributed by atoms with Crippen molar-refractivity contribution in [3.8, 4) is 11.4 Å². The summed E-state index contributed by atoms with van der Waals surface area (Å²) >= 11 is 0. The number of rotatable bonds is 2. The third-order valence-corrected chi connectivity index (χ3v) is 10.0. The molecule has 0 fully saturated rings. The Morgan fingerprint density at radius 1 is 0.630 bits per heavy atom. The van der Waals surface area contributed by atoms with Crippen molar-refractivity contribution in [2.75, 3.05) is 5.32 Å². The number of allylic oxidation sites excluding steroid dienone is 1. The van der Waals surface area contributed by atoms with Crippen LogP contribution in [-0.4, -0.2) is 9.13 Å². The second-order valence-corrected chi connectivity index (χ2v) is 12.4. The van der Waals surface area contributed by atoms with Crippen LogP contribution >= 0.6 is 0 Å². The molecule has 0 spiro atoms. The summed E-state index contributed by atoms with van der Waals surface area (Å²) in [5.41, 5.74) is 11.3.